The lowest BCUT2D eigenvalue weighted by molar-refractivity contribution is -0.148. The van der Waals surface area contributed by atoms with E-state index in [0.717, 1.165) is 0 Å². The summed E-state index contributed by atoms with van der Waals surface area (Å²) < 4.78 is 40.1. The van der Waals surface area contributed by atoms with Crippen LogP contribution in [0.15, 0.2) is 37.2 Å². The van der Waals surface area contributed by atoms with Crippen LogP contribution in [-0.2, 0) is 0 Å². The average Bonchev–Trinajstić information content (AvgIpc) is 3.18. The number of hydrogen-bond donors (Lipinski definition) is 0. The molecule has 1 fully saturated rings. The van der Waals surface area contributed by atoms with Gasteiger partial charge in [0.15, 0.2) is 5.65 Å². The Kier molecular flexibility index (Phi) is 2.69. The zero-order valence-corrected chi connectivity index (χ0v) is 11.2. The second kappa shape index (κ2) is 4.49. The number of halogens is 3. The van der Waals surface area contributed by atoms with Gasteiger partial charge in [0, 0.05) is 35.9 Å². The third kappa shape index (κ3) is 2.11. The normalized spacial score (nSPS) is 21.2. The highest BCUT2D eigenvalue weighted by molar-refractivity contribution is 5.63. The smallest absolute Gasteiger partial charge is 0.244 e. The third-order valence-corrected chi connectivity index (χ3v) is 3.85. The van der Waals surface area contributed by atoms with E-state index in [4.69, 9.17) is 0 Å². The minimum absolute atomic E-state index is 0.0980. The molecule has 5 nitrogen and oxygen atoms in total. The van der Waals surface area contributed by atoms with E-state index >= 15 is 0 Å². The molecule has 2 atom stereocenters. The molecule has 1 aliphatic carbocycles. The Morgan fingerprint density at radius 3 is 2.64 bits per heavy atom. The molecule has 22 heavy (non-hydrogen) atoms. The number of fused-ring (bicyclic) bond motifs is 1. The Labute approximate surface area is 122 Å². The van der Waals surface area contributed by atoms with Gasteiger partial charge in [-0.1, -0.05) is 0 Å². The van der Waals surface area contributed by atoms with Gasteiger partial charge in [-0.15, -0.1) is 0 Å². The van der Waals surface area contributed by atoms with Crippen LogP contribution in [0.5, 0.6) is 0 Å². The summed E-state index contributed by atoms with van der Waals surface area (Å²) in [5.74, 6) is -1.86. The number of aromatic nitrogens is 5. The van der Waals surface area contributed by atoms with Crippen LogP contribution in [0.3, 0.4) is 0 Å². The summed E-state index contributed by atoms with van der Waals surface area (Å²) in [4.78, 5) is 12.0. The van der Waals surface area contributed by atoms with Crippen LogP contribution in [0.4, 0.5) is 13.2 Å². The maximum atomic E-state index is 12.9. The highest BCUT2D eigenvalue weighted by Gasteiger charge is 2.56. The Morgan fingerprint density at radius 2 is 1.95 bits per heavy atom. The van der Waals surface area contributed by atoms with Crippen molar-refractivity contribution in [3.8, 4) is 11.3 Å². The molecule has 0 unspecified atom stereocenters. The molecule has 3 aromatic heterocycles. The number of hydrogen-bond acceptors (Lipinski definition) is 4. The van der Waals surface area contributed by atoms with Gasteiger partial charge in [0.2, 0.25) is 0 Å². The minimum Gasteiger partial charge on any atom is -0.244 e. The second-order valence-corrected chi connectivity index (χ2v) is 5.30. The third-order valence-electron chi connectivity index (χ3n) is 3.85. The number of imidazole rings is 1. The Balaban J connectivity index is 1.83. The van der Waals surface area contributed by atoms with Crippen LogP contribution in [-0.4, -0.2) is 30.7 Å². The largest absolute Gasteiger partial charge is 0.392 e. The van der Waals surface area contributed by atoms with E-state index in [1.807, 2.05) is 0 Å². The van der Waals surface area contributed by atoms with Gasteiger partial charge in [-0.05, 0) is 18.4 Å². The average molecular weight is 305 g/mol. The molecule has 1 aliphatic rings. The van der Waals surface area contributed by atoms with Crippen molar-refractivity contribution >= 4 is 5.65 Å². The molecular formula is C14H10F3N5. The van der Waals surface area contributed by atoms with Gasteiger partial charge in [0.05, 0.1) is 11.6 Å². The SMILES string of the molecule is FC(F)(F)[C@H]1C[C@@H]1c1cc(-c2cncnc2)nn2ccnc12. The Hall–Kier alpha value is -2.51. The first-order valence-electron chi connectivity index (χ1n) is 6.70. The van der Waals surface area contributed by atoms with Crippen molar-refractivity contribution in [3.05, 3.63) is 42.7 Å². The van der Waals surface area contributed by atoms with Crippen molar-refractivity contribution in [3.63, 3.8) is 0 Å². The van der Waals surface area contributed by atoms with Crippen LogP contribution >= 0.6 is 0 Å². The topological polar surface area (TPSA) is 56.0 Å². The summed E-state index contributed by atoms with van der Waals surface area (Å²) in [6, 6.07) is 1.66. The molecule has 3 heterocycles. The standard InChI is InChI=1S/C14H10F3N5/c15-14(16,17)11-3-9(11)10-4-12(8-5-18-7-19-6-8)21-22-2-1-20-13(10)22/h1-2,4-7,9,11H,3H2/t9-,11+/m1/s1. The fraction of sp³-hybridized carbons (Fsp3) is 0.286. The minimum atomic E-state index is -4.17. The zero-order valence-electron chi connectivity index (χ0n) is 11.2. The molecule has 3 aromatic rings. The van der Waals surface area contributed by atoms with E-state index in [1.54, 1.807) is 24.7 Å². The Morgan fingerprint density at radius 1 is 1.18 bits per heavy atom. The molecular weight excluding hydrogens is 295 g/mol. The van der Waals surface area contributed by atoms with Crippen LogP contribution < -0.4 is 0 Å². The highest BCUT2D eigenvalue weighted by Crippen LogP contribution is 2.56. The van der Waals surface area contributed by atoms with Gasteiger partial charge in [-0.2, -0.15) is 18.3 Å². The van der Waals surface area contributed by atoms with Gasteiger partial charge in [-0.25, -0.2) is 19.5 Å². The van der Waals surface area contributed by atoms with Crippen LogP contribution in [0.2, 0.25) is 0 Å². The van der Waals surface area contributed by atoms with E-state index in [1.165, 1.54) is 17.0 Å². The van der Waals surface area contributed by atoms with Gasteiger partial charge in [0.25, 0.3) is 0 Å². The predicted octanol–water partition coefficient (Wildman–Crippen LogP) is 2.85. The molecule has 4 rings (SSSR count). The van der Waals surface area contributed by atoms with Crippen molar-refractivity contribution < 1.29 is 13.2 Å². The van der Waals surface area contributed by atoms with Gasteiger partial charge in [0.1, 0.15) is 6.33 Å². The van der Waals surface area contributed by atoms with Gasteiger partial charge >= 0.3 is 6.18 Å². The van der Waals surface area contributed by atoms with Crippen molar-refractivity contribution in [1.82, 2.24) is 24.6 Å². The lowest BCUT2D eigenvalue weighted by atomic mass is 10.1. The highest BCUT2D eigenvalue weighted by atomic mass is 19.4. The molecule has 0 bridgehead atoms. The second-order valence-electron chi connectivity index (χ2n) is 5.30. The predicted molar refractivity (Wildman–Crippen MR) is 70.9 cm³/mol. The van der Waals surface area contributed by atoms with E-state index < -0.39 is 18.0 Å². The molecule has 0 N–H and O–H groups in total. The molecule has 8 heteroatoms. The summed E-state index contributed by atoms with van der Waals surface area (Å²) in [6.45, 7) is 0. The summed E-state index contributed by atoms with van der Waals surface area (Å²) in [7, 11) is 0. The molecule has 112 valence electrons. The molecule has 0 saturated heterocycles. The van der Waals surface area contributed by atoms with E-state index in [9.17, 15) is 13.2 Å². The molecule has 0 aromatic carbocycles. The Bertz CT molecular complexity index is 827. The summed E-state index contributed by atoms with van der Waals surface area (Å²) >= 11 is 0. The number of rotatable bonds is 2. The molecule has 0 radical (unpaired) electrons. The fourth-order valence-corrected chi connectivity index (χ4v) is 2.69. The molecule has 0 amide bonds. The van der Waals surface area contributed by atoms with Crippen LogP contribution in [0.25, 0.3) is 16.9 Å². The van der Waals surface area contributed by atoms with E-state index in [0.29, 0.717) is 22.5 Å². The quantitative estimate of drug-likeness (QED) is 0.730. The zero-order chi connectivity index (χ0) is 15.3. The van der Waals surface area contributed by atoms with Gasteiger partial charge < -0.3 is 0 Å². The maximum Gasteiger partial charge on any atom is 0.392 e. The fourth-order valence-electron chi connectivity index (χ4n) is 2.69. The van der Waals surface area contributed by atoms with Gasteiger partial charge in [-0.3, -0.25) is 0 Å². The molecule has 0 aliphatic heterocycles. The summed E-state index contributed by atoms with van der Waals surface area (Å²) in [5.41, 5.74) is 2.23. The first-order valence-corrected chi connectivity index (χ1v) is 6.70. The van der Waals surface area contributed by atoms with E-state index in [2.05, 4.69) is 20.1 Å². The lowest BCUT2D eigenvalue weighted by Gasteiger charge is -2.08. The monoisotopic (exact) mass is 305 g/mol. The van der Waals surface area contributed by atoms with E-state index in [-0.39, 0.29) is 6.42 Å². The van der Waals surface area contributed by atoms with Crippen LogP contribution in [0, 0.1) is 5.92 Å². The number of nitrogens with zero attached hydrogens (tertiary/aromatic N) is 5. The lowest BCUT2D eigenvalue weighted by Crippen LogP contribution is -2.12. The summed E-state index contributed by atoms with van der Waals surface area (Å²) in [6.07, 6.45) is 3.63. The number of alkyl halides is 3. The van der Waals surface area contributed by atoms with Crippen molar-refractivity contribution in [1.29, 1.82) is 0 Å². The molecule has 0 spiro atoms. The summed E-state index contributed by atoms with van der Waals surface area (Å²) in [5, 5.41) is 4.36. The van der Waals surface area contributed by atoms with Crippen LogP contribution in [0.1, 0.15) is 17.9 Å². The molecule has 1 saturated carbocycles. The maximum absolute atomic E-state index is 12.9. The van der Waals surface area contributed by atoms with Crippen molar-refractivity contribution in [2.24, 2.45) is 5.92 Å². The first-order chi connectivity index (χ1) is 10.5. The van der Waals surface area contributed by atoms with Crippen molar-refractivity contribution in [2.45, 2.75) is 18.5 Å². The first kappa shape index (κ1) is 13.2. The van der Waals surface area contributed by atoms with Crippen molar-refractivity contribution in [2.75, 3.05) is 0 Å².